The van der Waals surface area contributed by atoms with E-state index in [1.807, 2.05) is 19.0 Å². The number of ether oxygens (including phenoxy) is 1. The fourth-order valence-corrected chi connectivity index (χ4v) is 3.77. The van der Waals surface area contributed by atoms with Gasteiger partial charge in [0.05, 0.1) is 24.1 Å². The lowest BCUT2D eigenvalue weighted by Crippen LogP contribution is -2.48. The number of methoxy groups -OCH3 is 1. The number of halogens is 1. The summed E-state index contributed by atoms with van der Waals surface area (Å²) in [4.78, 5) is 14.4. The van der Waals surface area contributed by atoms with Gasteiger partial charge in [-0.2, -0.15) is 0 Å². The number of sulfonamides is 1. The van der Waals surface area contributed by atoms with Crippen molar-refractivity contribution in [2.24, 2.45) is 0 Å². The zero-order valence-electron chi connectivity index (χ0n) is 15.2. The second-order valence-electron chi connectivity index (χ2n) is 6.00. The molecule has 0 radical (unpaired) electrons. The number of anilines is 1. The average molecular weight is 392 g/mol. The standard InChI is InChI=1S/C16H26ClN3O4S/c1-12(16(21)18-9-6-10-19(2)3)20(25(5,22)23)13-7-8-15(24-4)14(17)11-13/h7-8,11-12H,6,9-10H2,1-5H3,(H,18,21)/t12-/m1/s1. The lowest BCUT2D eigenvalue weighted by molar-refractivity contribution is -0.121. The minimum atomic E-state index is -3.68. The molecule has 0 aliphatic rings. The maximum Gasteiger partial charge on any atom is 0.243 e. The summed E-state index contributed by atoms with van der Waals surface area (Å²) in [6.45, 7) is 2.85. The van der Waals surface area contributed by atoms with Gasteiger partial charge in [-0.1, -0.05) is 11.6 Å². The molecular weight excluding hydrogens is 366 g/mol. The van der Waals surface area contributed by atoms with Crippen LogP contribution in [0.2, 0.25) is 5.02 Å². The van der Waals surface area contributed by atoms with Crippen molar-refractivity contribution in [1.29, 1.82) is 0 Å². The second-order valence-corrected chi connectivity index (χ2v) is 8.27. The highest BCUT2D eigenvalue weighted by atomic mass is 35.5. The Morgan fingerprint density at radius 1 is 1.36 bits per heavy atom. The molecule has 0 saturated carbocycles. The molecule has 0 fully saturated rings. The van der Waals surface area contributed by atoms with Gasteiger partial charge < -0.3 is 15.0 Å². The Kier molecular flexibility index (Phi) is 7.98. The maximum absolute atomic E-state index is 12.4. The van der Waals surface area contributed by atoms with Crippen molar-refractivity contribution in [3.63, 3.8) is 0 Å². The van der Waals surface area contributed by atoms with Crippen LogP contribution in [0.4, 0.5) is 5.69 Å². The normalized spacial score (nSPS) is 12.8. The Morgan fingerprint density at radius 2 is 2.00 bits per heavy atom. The number of nitrogens with zero attached hydrogens (tertiary/aromatic N) is 2. The fraction of sp³-hybridized carbons (Fsp3) is 0.562. The molecule has 1 aromatic rings. The monoisotopic (exact) mass is 391 g/mol. The predicted octanol–water partition coefficient (Wildman–Crippen LogP) is 1.57. The SMILES string of the molecule is COc1ccc(N([C@H](C)C(=O)NCCCN(C)C)S(C)(=O)=O)cc1Cl. The van der Waals surface area contributed by atoms with Gasteiger partial charge in [0.2, 0.25) is 15.9 Å². The minimum absolute atomic E-state index is 0.271. The Morgan fingerprint density at radius 3 is 2.48 bits per heavy atom. The van der Waals surface area contributed by atoms with Crippen LogP contribution >= 0.6 is 11.6 Å². The summed E-state index contributed by atoms with van der Waals surface area (Å²) in [7, 11) is 1.69. The molecule has 1 amide bonds. The van der Waals surface area contributed by atoms with E-state index >= 15 is 0 Å². The molecule has 0 aromatic heterocycles. The Labute approximate surface area is 154 Å². The molecule has 1 rings (SSSR count). The smallest absolute Gasteiger partial charge is 0.243 e. The Hall–Kier alpha value is -1.51. The summed E-state index contributed by atoms with van der Waals surface area (Å²) in [6.07, 6.45) is 1.83. The summed E-state index contributed by atoms with van der Waals surface area (Å²) in [6, 6.07) is 3.69. The third-order valence-corrected chi connectivity index (χ3v) is 5.10. The van der Waals surface area contributed by atoms with E-state index in [2.05, 4.69) is 5.32 Å². The predicted molar refractivity (Wildman–Crippen MR) is 101 cm³/mol. The van der Waals surface area contributed by atoms with E-state index in [9.17, 15) is 13.2 Å². The lowest BCUT2D eigenvalue weighted by Gasteiger charge is -2.28. The van der Waals surface area contributed by atoms with Gasteiger partial charge in [-0.3, -0.25) is 9.10 Å². The molecule has 0 unspecified atom stereocenters. The van der Waals surface area contributed by atoms with Crippen molar-refractivity contribution in [2.75, 3.05) is 44.9 Å². The van der Waals surface area contributed by atoms with Crippen LogP contribution in [0.25, 0.3) is 0 Å². The first-order chi connectivity index (χ1) is 11.6. The number of carbonyl (C=O) groups is 1. The van der Waals surface area contributed by atoms with Crippen molar-refractivity contribution < 1.29 is 17.9 Å². The number of benzene rings is 1. The summed E-state index contributed by atoms with van der Waals surface area (Å²) in [5.74, 6) is 0.0655. The second kappa shape index (κ2) is 9.26. The molecule has 0 aliphatic carbocycles. The van der Waals surface area contributed by atoms with Crippen molar-refractivity contribution >= 4 is 33.2 Å². The maximum atomic E-state index is 12.4. The molecule has 1 atom stereocenters. The van der Waals surface area contributed by atoms with E-state index in [0.717, 1.165) is 23.5 Å². The quantitative estimate of drug-likeness (QED) is 0.646. The van der Waals surface area contributed by atoms with E-state index in [4.69, 9.17) is 16.3 Å². The number of rotatable bonds is 9. The van der Waals surface area contributed by atoms with Crippen LogP contribution in [0.5, 0.6) is 5.75 Å². The lowest BCUT2D eigenvalue weighted by atomic mass is 10.2. The Balaban J connectivity index is 2.96. The number of hydrogen-bond donors (Lipinski definition) is 1. The topological polar surface area (TPSA) is 79.0 Å². The average Bonchev–Trinajstić information content (AvgIpc) is 2.50. The highest BCUT2D eigenvalue weighted by Crippen LogP contribution is 2.31. The van der Waals surface area contributed by atoms with Crippen LogP contribution in [0.1, 0.15) is 13.3 Å². The zero-order valence-corrected chi connectivity index (χ0v) is 16.8. The van der Waals surface area contributed by atoms with Crippen LogP contribution < -0.4 is 14.4 Å². The summed E-state index contributed by atoms with van der Waals surface area (Å²) >= 11 is 6.09. The van der Waals surface area contributed by atoms with Crippen LogP contribution in [-0.2, 0) is 14.8 Å². The molecule has 142 valence electrons. The van der Waals surface area contributed by atoms with Gasteiger partial charge in [0, 0.05) is 6.54 Å². The van der Waals surface area contributed by atoms with Crippen molar-refractivity contribution in [2.45, 2.75) is 19.4 Å². The summed E-state index contributed by atoms with van der Waals surface area (Å²) in [5, 5.41) is 3.04. The molecule has 9 heteroatoms. The van der Waals surface area contributed by atoms with Crippen molar-refractivity contribution in [1.82, 2.24) is 10.2 Å². The summed E-state index contributed by atoms with van der Waals surface area (Å²) in [5.41, 5.74) is 0.309. The first kappa shape index (κ1) is 21.5. The third-order valence-electron chi connectivity index (χ3n) is 3.56. The van der Waals surface area contributed by atoms with Crippen LogP contribution in [-0.4, -0.2) is 65.8 Å². The highest BCUT2D eigenvalue weighted by molar-refractivity contribution is 7.92. The van der Waals surface area contributed by atoms with E-state index in [1.165, 1.54) is 13.2 Å². The zero-order chi connectivity index (χ0) is 19.2. The van der Waals surface area contributed by atoms with Crippen molar-refractivity contribution in [3.8, 4) is 5.75 Å². The molecule has 0 spiro atoms. The number of nitrogens with one attached hydrogen (secondary N) is 1. The molecule has 0 heterocycles. The Bertz CT molecular complexity index is 695. The molecule has 1 N–H and O–H groups in total. The van der Waals surface area contributed by atoms with Gasteiger partial charge in [0.25, 0.3) is 0 Å². The van der Waals surface area contributed by atoms with E-state index in [-0.39, 0.29) is 10.9 Å². The fourth-order valence-electron chi connectivity index (χ4n) is 2.36. The molecular formula is C16H26ClN3O4S. The van der Waals surface area contributed by atoms with Gasteiger partial charge in [-0.15, -0.1) is 0 Å². The van der Waals surface area contributed by atoms with Gasteiger partial charge in [-0.25, -0.2) is 8.42 Å². The molecule has 0 saturated heterocycles. The van der Waals surface area contributed by atoms with Gasteiger partial charge >= 0.3 is 0 Å². The van der Waals surface area contributed by atoms with E-state index in [1.54, 1.807) is 19.1 Å². The molecule has 0 aliphatic heterocycles. The third kappa shape index (κ3) is 6.37. The number of hydrogen-bond acceptors (Lipinski definition) is 5. The molecule has 25 heavy (non-hydrogen) atoms. The van der Waals surface area contributed by atoms with Crippen LogP contribution in [0.3, 0.4) is 0 Å². The van der Waals surface area contributed by atoms with E-state index < -0.39 is 16.1 Å². The number of carbonyl (C=O) groups excluding carboxylic acids is 1. The molecule has 1 aromatic carbocycles. The van der Waals surface area contributed by atoms with E-state index in [0.29, 0.717) is 18.0 Å². The first-order valence-corrected chi connectivity index (χ1v) is 10.1. The van der Waals surface area contributed by atoms with Gasteiger partial charge in [0.1, 0.15) is 11.8 Å². The minimum Gasteiger partial charge on any atom is -0.495 e. The molecule has 0 bridgehead atoms. The van der Waals surface area contributed by atoms with Crippen LogP contribution in [0.15, 0.2) is 18.2 Å². The largest absolute Gasteiger partial charge is 0.495 e. The van der Waals surface area contributed by atoms with Gasteiger partial charge in [-0.05, 0) is 52.2 Å². The van der Waals surface area contributed by atoms with Crippen molar-refractivity contribution in [3.05, 3.63) is 23.2 Å². The highest BCUT2D eigenvalue weighted by Gasteiger charge is 2.29. The summed E-state index contributed by atoms with van der Waals surface area (Å²) < 4.78 is 30.6. The number of amides is 1. The van der Waals surface area contributed by atoms with Crippen LogP contribution in [0, 0.1) is 0 Å². The molecule has 7 nitrogen and oxygen atoms in total. The first-order valence-electron chi connectivity index (χ1n) is 7.83. The van der Waals surface area contributed by atoms with Gasteiger partial charge in [0.15, 0.2) is 0 Å².